The molecular formula is C27H26N6O. The molecule has 3 N–H and O–H groups in total. The summed E-state index contributed by atoms with van der Waals surface area (Å²) < 4.78 is 0. The number of hydrogen-bond donors (Lipinski definition) is 3. The second-order valence-corrected chi connectivity index (χ2v) is 8.91. The van der Waals surface area contributed by atoms with Gasteiger partial charge in [0.25, 0.3) is 0 Å². The third-order valence-corrected chi connectivity index (χ3v) is 6.78. The number of rotatable bonds is 4. The molecule has 0 amide bonds. The third-order valence-electron chi connectivity index (χ3n) is 6.78. The van der Waals surface area contributed by atoms with Gasteiger partial charge in [-0.2, -0.15) is 4.98 Å². The second-order valence-electron chi connectivity index (χ2n) is 8.91. The zero-order valence-corrected chi connectivity index (χ0v) is 18.8. The number of nitrogens with zero attached hydrogens (tertiary/aromatic N) is 3. The highest BCUT2D eigenvalue weighted by atomic mass is 16.1. The molecule has 0 spiro atoms. The van der Waals surface area contributed by atoms with Crippen LogP contribution >= 0.6 is 0 Å². The fourth-order valence-electron chi connectivity index (χ4n) is 4.95. The van der Waals surface area contributed by atoms with E-state index < -0.39 is 6.04 Å². The minimum Gasteiger partial charge on any atom is -0.382 e. The average Bonchev–Trinajstić information content (AvgIpc) is 3.41. The first kappa shape index (κ1) is 20.6. The Balaban J connectivity index is 1.28. The van der Waals surface area contributed by atoms with Gasteiger partial charge in [0.15, 0.2) is 5.78 Å². The van der Waals surface area contributed by atoms with E-state index in [0.29, 0.717) is 29.8 Å². The second kappa shape index (κ2) is 8.43. The maximum absolute atomic E-state index is 13.4. The predicted octanol–water partition coefficient (Wildman–Crippen LogP) is 4.32. The van der Waals surface area contributed by atoms with Crippen LogP contribution < -0.4 is 20.9 Å². The van der Waals surface area contributed by atoms with Crippen molar-refractivity contribution in [3.8, 4) is 0 Å². The Kier molecular flexibility index (Phi) is 5.11. The number of carbonyl (C=O) groups is 1. The number of anilines is 4. The third kappa shape index (κ3) is 3.64. The molecule has 3 aliphatic heterocycles. The molecule has 0 aliphatic carbocycles. The molecule has 2 unspecified atom stereocenters. The zero-order chi connectivity index (χ0) is 23.1. The van der Waals surface area contributed by atoms with Gasteiger partial charge in [-0.05, 0) is 60.9 Å². The Hall–Kier alpha value is -3.97. The van der Waals surface area contributed by atoms with Crippen molar-refractivity contribution in [3.05, 3.63) is 89.8 Å². The number of benzene rings is 2. The summed E-state index contributed by atoms with van der Waals surface area (Å²) in [6.45, 7) is 6.79. The Morgan fingerprint density at radius 1 is 1.06 bits per heavy atom. The monoisotopic (exact) mass is 450 g/mol. The molecule has 0 saturated carbocycles. The summed E-state index contributed by atoms with van der Waals surface area (Å²) in [4.78, 5) is 24.6. The van der Waals surface area contributed by atoms with Crippen molar-refractivity contribution in [2.45, 2.75) is 18.4 Å². The molecule has 6 rings (SSSR count). The lowest BCUT2D eigenvalue weighted by molar-refractivity contribution is 0.0961. The normalized spacial score (nSPS) is 21.1. The lowest BCUT2D eigenvalue weighted by Gasteiger charge is -2.37. The maximum Gasteiger partial charge on any atom is 0.229 e. The fourth-order valence-corrected chi connectivity index (χ4v) is 4.95. The number of aromatic nitrogens is 2. The first-order valence-corrected chi connectivity index (χ1v) is 11.7. The summed E-state index contributed by atoms with van der Waals surface area (Å²) in [5.74, 6) is 1.80. The van der Waals surface area contributed by atoms with Crippen LogP contribution in [0.5, 0.6) is 0 Å². The van der Waals surface area contributed by atoms with Crippen LogP contribution in [0, 0.1) is 0 Å². The lowest BCUT2D eigenvalue weighted by Crippen LogP contribution is -2.48. The number of nitrogens with one attached hydrogen (secondary N) is 3. The highest BCUT2D eigenvalue weighted by Gasteiger charge is 2.35. The van der Waals surface area contributed by atoms with E-state index in [2.05, 4.69) is 51.8 Å². The zero-order valence-electron chi connectivity index (χ0n) is 18.8. The molecule has 0 radical (unpaired) electrons. The summed E-state index contributed by atoms with van der Waals surface area (Å²) in [6.07, 6.45) is 6.81. The Morgan fingerprint density at radius 2 is 1.91 bits per heavy atom. The van der Waals surface area contributed by atoms with Gasteiger partial charge in [-0.3, -0.25) is 4.79 Å². The number of para-hydroxylation sites is 1. The lowest BCUT2D eigenvalue weighted by atomic mass is 9.95. The molecule has 170 valence electrons. The van der Waals surface area contributed by atoms with Crippen molar-refractivity contribution in [1.29, 1.82) is 0 Å². The molecule has 34 heavy (non-hydrogen) atoms. The van der Waals surface area contributed by atoms with E-state index in [4.69, 9.17) is 4.98 Å². The molecule has 3 aromatic rings. The number of allylic oxidation sites excluding steroid dienone is 1. The number of fused-ring (bicyclic) bond motifs is 2. The molecule has 7 heteroatoms. The fraction of sp³-hybridized carbons (Fsp3) is 0.222. The first-order valence-electron chi connectivity index (χ1n) is 11.7. The van der Waals surface area contributed by atoms with Gasteiger partial charge in [0.1, 0.15) is 11.9 Å². The van der Waals surface area contributed by atoms with E-state index in [1.807, 2.05) is 41.3 Å². The van der Waals surface area contributed by atoms with Crippen molar-refractivity contribution in [2.75, 3.05) is 35.2 Å². The first-order chi connectivity index (χ1) is 16.7. The Labute approximate surface area is 198 Å². The summed E-state index contributed by atoms with van der Waals surface area (Å²) in [5, 5.41) is 10.1. The Bertz CT molecular complexity index is 1290. The van der Waals surface area contributed by atoms with Gasteiger partial charge in [-0.25, -0.2) is 4.98 Å². The van der Waals surface area contributed by atoms with Gasteiger partial charge >= 0.3 is 0 Å². The van der Waals surface area contributed by atoms with Crippen LogP contribution in [0.1, 0.15) is 33.8 Å². The van der Waals surface area contributed by atoms with Crippen LogP contribution in [0.4, 0.5) is 23.1 Å². The molecule has 4 heterocycles. The minimum absolute atomic E-state index is 0.0573. The summed E-state index contributed by atoms with van der Waals surface area (Å²) >= 11 is 0. The molecule has 0 bridgehead atoms. The molecule has 1 fully saturated rings. The number of ketones is 1. The molecule has 3 aliphatic rings. The van der Waals surface area contributed by atoms with E-state index in [1.54, 1.807) is 6.20 Å². The molecule has 1 saturated heterocycles. The van der Waals surface area contributed by atoms with Gasteiger partial charge in [0.05, 0.1) is 0 Å². The molecule has 2 aromatic carbocycles. The van der Waals surface area contributed by atoms with Crippen LogP contribution in [0.15, 0.2) is 73.1 Å². The van der Waals surface area contributed by atoms with Crippen LogP contribution in [0.2, 0.25) is 0 Å². The van der Waals surface area contributed by atoms with Gasteiger partial charge in [0, 0.05) is 47.5 Å². The van der Waals surface area contributed by atoms with Gasteiger partial charge < -0.3 is 20.9 Å². The highest BCUT2D eigenvalue weighted by molar-refractivity contribution is 6.08. The van der Waals surface area contributed by atoms with E-state index in [0.717, 1.165) is 35.7 Å². The number of Topliss-reactive ketones (excluding diaryl/α,β-unsaturated/α-hetero) is 1. The van der Waals surface area contributed by atoms with Crippen LogP contribution in [0.3, 0.4) is 0 Å². The summed E-state index contributed by atoms with van der Waals surface area (Å²) in [5.41, 5.74) is 5.41. The van der Waals surface area contributed by atoms with Gasteiger partial charge in [-0.15, -0.1) is 0 Å². The number of carbonyl (C=O) groups excluding carboxylic acids is 1. The SMILES string of the molecule is C=C1C=Cc2cnc(Nc3ccc(C4CCNC4)cc3)nc2N1C1CNc2ccccc2C1=O. The standard InChI is InChI=1S/C27H26N6O/c1-17-6-7-20-15-30-27(31-21-10-8-18(9-11-21)19-12-13-28-14-19)32-26(20)33(17)24-16-29-23-5-3-2-4-22(23)25(24)34/h2-11,15,19,24,28-29H,1,12-14,16H2,(H,30,31,32). The van der Waals surface area contributed by atoms with Crippen molar-refractivity contribution in [3.63, 3.8) is 0 Å². The van der Waals surface area contributed by atoms with Crippen LogP contribution in [-0.2, 0) is 0 Å². The highest BCUT2D eigenvalue weighted by Crippen LogP contribution is 2.34. The van der Waals surface area contributed by atoms with Crippen molar-refractivity contribution >= 4 is 35.0 Å². The largest absolute Gasteiger partial charge is 0.382 e. The van der Waals surface area contributed by atoms with Gasteiger partial charge in [-0.1, -0.05) is 30.8 Å². The minimum atomic E-state index is -0.437. The molecular weight excluding hydrogens is 424 g/mol. The van der Waals surface area contributed by atoms with Crippen molar-refractivity contribution in [2.24, 2.45) is 0 Å². The van der Waals surface area contributed by atoms with E-state index >= 15 is 0 Å². The average molecular weight is 451 g/mol. The van der Waals surface area contributed by atoms with E-state index in [9.17, 15) is 4.79 Å². The summed E-state index contributed by atoms with van der Waals surface area (Å²) in [6, 6.07) is 15.6. The van der Waals surface area contributed by atoms with E-state index in [-0.39, 0.29) is 5.78 Å². The quantitative estimate of drug-likeness (QED) is 0.546. The van der Waals surface area contributed by atoms with Crippen LogP contribution in [0.25, 0.3) is 6.08 Å². The maximum atomic E-state index is 13.4. The number of hydrogen-bond acceptors (Lipinski definition) is 7. The topological polar surface area (TPSA) is 82.2 Å². The predicted molar refractivity (Wildman–Crippen MR) is 136 cm³/mol. The smallest absolute Gasteiger partial charge is 0.229 e. The molecule has 1 aromatic heterocycles. The molecule has 7 nitrogen and oxygen atoms in total. The Morgan fingerprint density at radius 3 is 2.74 bits per heavy atom. The molecule has 2 atom stereocenters. The summed E-state index contributed by atoms with van der Waals surface area (Å²) in [7, 11) is 0. The van der Waals surface area contributed by atoms with Gasteiger partial charge in [0.2, 0.25) is 5.95 Å². The van der Waals surface area contributed by atoms with E-state index in [1.165, 1.54) is 12.0 Å². The van der Waals surface area contributed by atoms with Crippen LogP contribution in [-0.4, -0.2) is 41.4 Å². The van der Waals surface area contributed by atoms with Crippen molar-refractivity contribution in [1.82, 2.24) is 15.3 Å². The van der Waals surface area contributed by atoms with Crippen molar-refractivity contribution < 1.29 is 4.79 Å².